The number of fused-ring (bicyclic) bond motifs is 1. The second-order valence-electron chi connectivity index (χ2n) is 6.81. The second kappa shape index (κ2) is 7.25. The number of aromatic nitrogens is 3. The normalized spacial score (nSPS) is 14.8. The highest BCUT2D eigenvalue weighted by molar-refractivity contribution is 5.96. The van der Waals surface area contributed by atoms with Gasteiger partial charge in [0.05, 0.1) is 18.5 Å². The number of hydrogen-bond acceptors (Lipinski definition) is 4. The predicted octanol–water partition coefficient (Wildman–Crippen LogP) is 2.97. The van der Waals surface area contributed by atoms with Gasteiger partial charge in [-0.15, -0.1) is 0 Å². The number of nitrogens with one attached hydrogen (secondary N) is 1. The lowest BCUT2D eigenvalue weighted by Crippen LogP contribution is -2.23. The molecule has 6 nitrogen and oxygen atoms in total. The fourth-order valence-corrected chi connectivity index (χ4v) is 3.54. The van der Waals surface area contributed by atoms with Crippen molar-refractivity contribution in [2.75, 3.05) is 0 Å². The predicted molar refractivity (Wildman–Crippen MR) is 98.6 cm³/mol. The maximum absolute atomic E-state index is 12.4. The van der Waals surface area contributed by atoms with Crippen molar-refractivity contribution in [2.24, 2.45) is 0 Å². The van der Waals surface area contributed by atoms with E-state index in [4.69, 9.17) is 5.11 Å². The molecule has 0 spiro atoms. The van der Waals surface area contributed by atoms with Crippen LogP contribution in [-0.4, -0.2) is 25.5 Å². The fraction of sp³-hybridized carbons (Fsp3) is 0.350. The summed E-state index contributed by atoms with van der Waals surface area (Å²) in [5, 5.41) is 12.0. The largest absolute Gasteiger partial charge is 0.392 e. The molecule has 26 heavy (non-hydrogen) atoms. The Balaban J connectivity index is 1.46. The number of benzene rings is 1. The number of aliphatic hydroxyl groups excluding tert-OH is 1. The molecule has 1 fully saturated rings. The number of carbonyl (C=O) groups is 1. The van der Waals surface area contributed by atoms with Crippen LogP contribution in [0.1, 0.15) is 53.2 Å². The molecule has 1 aliphatic carbocycles. The van der Waals surface area contributed by atoms with Crippen molar-refractivity contribution in [3.8, 4) is 0 Å². The van der Waals surface area contributed by atoms with Gasteiger partial charge in [0.15, 0.2) is 5.65 Å². The van der Waals surface area contributed by atoms with Crippen molar-refractivity contribution < 1.29 is 9.90 Å². The van der Waals surface area contributed by atoms with Gasteiger partial charge >= 0.3 is 0 Å². The zero-order valence-electron chi connectivity index (χ0n) is 14.6. The van der Waals surface area contributed by atoms with E-state index in [0.29, 0.717) is 18.2 Å². The van der Waals surface area contributed by atoms with Gasteiger partial charge in [-0.1, -0.05) is 37.1 Å². The van der Waals surface area contributed by atoms with Crippen LogP contribution in [0.3, 0.4) is 0 Å². The van der Waals surface area contributed by atoms with E-state index in [1.807, 2.05) is 30.6 Å². The number of pyridine rings is 1. The van der Waals surface area contributed by atoms with E-state index in [9.17, 15) is 4.79 Å². The molecule has 1 saturated carbocycles. The molecule has 1 aliphatic rings. The minimum absolute atomic E-state index is 0.0197. The van der Waals surface area contributed by atoms with Gasteiger partial charge in [-0.05, 0) is 30.0 Å². The zero-order valence-corrected chi connectivity index (χ0v) is 14.6. The molecule has 0 saturated heterocycles. The van der Waals surface area contributed by atoms with Gasteiger partial charge in [-0.25, -0.2) is 9.97 Å². The van der Waals surface area contributed by atoms with Gasteiger partial charge in [0.25, 0.3) is 5.91 Å². The van der Waals surface area contributed by atoms with Crippen molar-refractivity contribution in [3.63, 3.8) is 0 Å². The molecule has 134 valence electrons. The standard InChI is InChI=1S/C20H22N4O2/c25-12-15-7-5-14(6-8-15)10-22-20(26)16-9-18-19(21-11-16)24(13-23-18)17-3-1-2-4-17/h5-9,11,13,17,25H,1-4,10,12H2,(H,22,26). The number of rotatable bonds is 5. The zero-order chi connectivity index (χ0) is 17.9. The summed E-state index contributed by atoms with van der Waals surface area (Å²) >= 11 is 0. The molecule has 0 aliphatic heterocycles. The maximum Gasteiger partial charge on any atom is 0.253 e. The SMILES string of the molecule is O=C(NCc1ccc(CO)cc1)c1cnc2c(c1)ncn2C1CCCC1. The average molecular weight is 350 g/mol. The van der Waals surface area contributed by atoms with Crippen LogP contribution in [0.15, 0.2) is 42.9 Å². The Morgan fingerprint density at radius 1 is 1.15 bits per heavy atom. The van der Waals surface area contributed by atoms with E-state index in [0.717, 1.165) is 22.3 Å². The summed E-state index contributed by atoms with van der Waals surface area (Å²) in [6.07, 6.45) is 8.32. The molecule has 2 N–H and O–H groups in total. The number of amides is 1. The molecule has 1 aromatic carbocycles. The number of aliphatic hydroxyl groups is 1. The van der Waals surface area contributed by atoms with Crippen LogP contribution in [0, 0.1) is 0 Å². The van der Waals surface area contributed by atoms with E-state index in [-0.39, 0.29) is 12.5 Å². The van der Waals surface area contributed by atoms with E-state index in [1.54, 1.807) is 12.3 Å². The summed E-state index contributed by atoms with van der Waals surface area (Å²) in [7, 11) is 0. The third-order valence-corrected chi connectivity index (χ3v) is 5.05. The topological polar surface area (TPSA) is 80.0 Å². The first-order valence-electron chi connectivity index (χ1n) is 9.04. The Hall–Kier alpha value is -2.73. The highest BCUT2D eigenvalue weighted by Gasteiger charge is 2.20. The molecule has 0 atom stereocenters. The highest BCUT2D eigenvalue weighted by Crippen LogP contribution is 2.31. The molecular formula is C20H22N4O2. The second-order valence-corrected chi connectivity index (χ2v) is 6.81. The third kappa shape index (κ3) is 3.32. The Morgan fingerprint density at radius 3 is 2.62 bits per heavy atom. The Bertz CT molecular complexity index is 911. The summed E-state index contributed by atoms with van der Waals surface area (Å²) in [5.41, 5.74) is 3.97. The van der Waals surface area contributed by atoms with Crippen molar-refractivity contribution in [2.45, 2.75) is 44.9 Å². The van der Waals surface area contributed by atoms with Crippen LogP contribution in [-0.2, 0) is 13.2 Å². The summed E-state index contributed by atoms with van der Waals surface area (Å²) < 4.78 is 2.15. The van der Waals surface area contributed by atoms with E-state index >= 15 is 0 Å². The summed E-state index contributed by atoms with van der Waals surface area (Å²) in [4.78, 5) is 21.4. The number of imidazole rings is 1. The first-order valence-corrected chi connectivity index (χ1v) is 9.04. The van der Waals surface area contributed by atoms with Crippen LogP contribution < -0.4 is 5.32 Å². The fourth-order valence-electron chi connectivity index (χ4n) is 3.54. The summed E-state index contributed by atoms with van der Waals surface area (Å²) in [6.45, 7) is 0.449. The van der Waals surface area contributed by atoms with Crippen LogP contribution in [0.25, 0.3) is 11.2 Å². The Labute approximate surface area is 151 Å². The first kappa shape index (κ1) is 16.7. The van der Waals surface area contributed by atoms with Crippen molar-refractivity contribution in [1.29, 1.82) is 0 Å². The molecule has 2 aromatic heterocycles. The number of nitrogens with zero attached hydrogens (tertiary/aromatic N) is 3. The molecule has 0 radical (unpaired) electrons. The lowest BCUT2D eigenvalue weighted by atomic mass is 10.1. The Morgan fingerprint density at radius 2 is 1.88 bits per heavy atom. The van der Waals surface area contributed by atoms with Crippen molar-refractivity contribution in [1.82, 2.24) is 19.9 Å². The van der Waals surface area contributed by atoms with E-state index < -0.39 is 0 Å². The number of hydrogen-bond donors (Lipinski definition) is 2. The quantitative estimate of drug-likeness (QED) is 0.741. The highest BCUT2D eigenvalue weighted by atomic mass is 16.3. The molecule has 1 amide bonds. The molecule has 0 unspecified atom stereocenters. The van der Waals surface area contributed by atoms with Gasteiger partial charge in [0, 0.05) is 18.8 Å². The Kier molecular flexibility index (Phi) is 4.67. The van der Waals surface area contributed by atoms with Crippen LogP contribution in [0.5, 0.6) is 0 Å². The van der Waals surface area contributed by atoms with Gasteiger partial charge in [0.1, 0.15) is 5.52 Å². The maximum atomic E-state index is 12.4. The lowest BCUT2D eigenvalue weighted by Gasteiger charge is -2.11. The smallest absolute Gasteiger partial charge is 0.253 e. The lowest BCUT2D eigenvalue weighted by molar-refractivity contribution is 0.0950. The van der Waals surface area contributed by atoms with Gasteiger partial charge < -0.3 is 15.0 Å². The summed E-state index contributed by atoms with van der Waals surface area (Å²) in [5.74, 6) is -0.166. The molecule has 2 heterocycles. The first-order chi connectivity index (χ1) is 12.7. The number of carbonyl (C=O) groups excluding carboxylic acids is 1. The van der Waals surface area contributed by atoms with Crippen molar-refractivity contribution in [3.05, 3.63) is 59.5 Å². The van der Waals surface area contributed by atoms with E-state index in [1.165, 1.54) is 25.7 Å². The summed E-state index contributed by atoms with van der Waals surface area (Å²) in [6, 6.07) is 9.79. The molecule has 4 rings (SSSR count). The molecule has 3 aromatic rings. The van der Waals surface area contributed by atoms with Crippen LogP contribution in [0.4, 0.5) is 0 Å². The van der Waals surface area contributed by atoms with Crippen LogP contribution in [0.2, 0.25) is 0 Å². The molecule has 6 heteroatoms. The minimum Gasteiger partial charge on any atom is -0.392 e. The van der Waals surface area contributed by atoms with Crippen LogP contribution >= 0.6 is 0 Å². The monoisotopic (exact) mass is 350 g/mol. The third-order valence-electron chi connectivity index (χ3n) is 5.05. The minimum atomic E-state index is -0.166. The molecular weight excluding hydrogens is 328 g/mol. The van der Waals surface area contributed by atoms with E-state index in [2.05, 4.69) is 19.9 Å². The van der Waals surface area contributed by atoms with Gasteiger partial charge in [-0.2, -0.15) is 0 Å². The van der Waals surface area contributed by atoms with Crippen molar-refractivity contribution >= 4 is 17.1 Å². The van der Waals surface area contributed by atoms with Gasteiger partial charge in [0.2, 0.25) is 0 Å². The van der Waals surface area contributed by atoms with Gasteiger partial charge in [-0.3, -0.25) is 4.79 Å². The molecule has 0 bridgehead atoms. The average Bonchev–Trinajstić information content (AvgIpc) is 3.35.